The predicted molar refractivity (Wildman–Crippen MR) is 67.1 cm³/mol. The average molecular weight is 275 g/mol. The van der Waals surface area contributed by atoms with Crippen LogP contribution in [0.1, 0.15) is 26.7 Å². The maximum Gasteiger partial charge on any atom is 0.241 e. The molecular weight excluding hydrogens is 257 g/mol. The molecule has 0 radical (unpaired) electrons. The van der Waals surface area contributed by atoms with Gasteiger partial charge in [-0.3, -0.25) is 0 Å². The lowest BCUT2D eigenvalue weighted by atomic mass is 9.96. The van der Waals surface area contributed by atoms with Crippen LogP contribution in [0, 0.1) is 5.82 Å². The molecule has 0 saturated heterocycles. The molecule has 6 heteroatoms. The molecule has 102 valence electrons. The van der Waals surface area contributed by atoms with Crippen LogP contribution in [0.4, 0.5) is 4.39 Å². The minimum atomic E-state index is -3.75. The van der Waals surface area contributed by atoms with Crippen LogP contribution in [0.5, 0.6) is 0 Å². The molecule has 0 aliphatic rings. The van der Waals surface area contributed by atoms with Crippen LogP contribution in [0.2, 0.25) is 0 Å². The van der Waals surface area contributed by atoms with Gasteiger partial charge in [0.05, 0.1) is 17.0 Å². The third kappa shape index (κ3) is 3.28. The average Bonchev–Trinajstić information content (AvgIpc) is 2.37. The number of halogens is 1. The van der Waals surface area contributed by atoms with E-state index in [2.05, 4.69) is 4.72 Å². The SMILES string of the molecule is CCC(CC)(CO)NS(=O)(=O)c1ccc(F)cc1. The Morgan fingerprint density at radius 3 is 2.11 bits per heavy atom. The molecular formula is C12H18FNO3S. The summed E-state index contributed by atoms with van der Waals surface area (Å²) >= 11 is 0. The highest BCUT2D eigenvalue weighted by Gasteiger charge is 2.31. The van der Waals surface area contributed by atoms with Gasteiger partial charge in [0.1, 0.15) is 5.82 Å². The molecule has 0 spiro atoms. The molecule has 0 aliphatic heterocycles. The van der Waals surface area contributed by atoms with Crippen molar-refractivity contribution >= 4 is 10.0 Å². The zero-order valence-corrected chi connectivity index (χ0v) is 11.3. The van der Waals surface area contributed by atoms with Crippen LogP contribution in [0.3, 0.4) is 0 Å². The molecule has 0 saturated carbocycles. The first-order valence-corrected chi connectivity index (χ1v) is 7.28. The Hall–Kier alpha value is -0.980. The minimum Gasteiger partial charge on any atom is -0.394 e. The van der Waals surface area contributed by atoms with Crippen LogP contribution in [0.15, 0.2) is 29.2 Å². The second-order valence-corrected chi connectivity index (χ2v) is 5.89. The van der Waals surface area contributed by atoms with Gasteiger partial charge in [-0.15, -0.1) is 0 Å². The van der Waals surface area contributed by atoms with E-state index in [-0.39, 0.29) is 11.5 Å². The molecule has 1 aromatic rings. The standard InChI is InChI=1S/C12H18FNO3S/c1-3-12(4-2,9-15)14-18(16,17)11-7-5-10(13)6-8-11/h5-8,14-15H,3-4,9H2,1-2H3. The number of hydrogen-bond donors (Lipinski definition) is 2. The monoisotopic (exact) mass is 275 g/mol. The number of hydrogen-bond acceptors (Lipinski definition) is 3. The molecule has 18 heavy (non-hydrogen) atoms. The second kappa shape index (κ2) is 5.77. The van der Waals surface area contributed by atoms with Gasteiger partial charge in [-0.2, -0.15) is 0 Å². The van der Waals surface area contributed by atoms with E-state index in [1.165, 1.54) is 12.1 Å². The van der Waals surface area contributed by atoms with Gasteiger partial charge >= 0.3 is 0 Å². The van der Waals surface area contributed by atoms with Crippen molar-refractivity contribution < 1.29 is 17.9 Å². The van der Waals surface area contributed by atoms with Crippen molar-refractivity contribution in [2.24, 2.45) is 0 Å². The van der Waals surface area contributed by atoms with Gasteiger partial charge in [0.25, 0.3) is 0 Å². The topological polar surface area (TPSA) is 66.4 Å². The Kier molecular flexibility index (Phi) is 4.84. The first-order chi connectivity index (χ1) is 8.39. The fourth-order valence-electron chi connectivity index (χ4n) is 1.61. The molecule has 1 rings (SSSR count). The molecule has 2 N–H and O–H groups in total. The number of sulfonamides is 1. The molecule has 1 aromatic carbocycles. The van der Waals surface area contributed by atoms with Crippen molar-refractivity contribution in [1.29, 1.82) is 0 Å². The lowest BCUT2D eigenvalue weighted by Crippen LogP contribution is -2.50. The quantitative estimate of drug-likeness (QED) is 0.829. The summed E-state index contributed by atoms with van der Waals surface area (Å²) in [7, 11) is -3.75. The third-order valence-electron chi connectivity index (χ3n) is 3.13. The van der Waals surface area contributed by atoms with Crippen LogP contribution in [-0.4, -0.2) is 25.7 Å². The highest BCUT2D eigenvalue weighted by atomic mass is 32.2. The molecule has 0 aromatic heterocycles. The zero-order valence-electron chi connectivity index (χ0n) is 10.5. The number of aliphatic hydroxyl groups excluding tert-OH is 1. The minimum absolute atomic E-state index is 0.0105. The smallest absolute Gasteiger partial charge is 0.241 e. The summed E-state index contributed by atoms with van der Waals surface area (Å²) in [5.41, 5.74) is -0.868. The maximum atomic E-state index is 12.8. The van der Waals surface area contributed by atoms with Crippen molar-refractivity contribution in [2.45, 2.75) is 37.1 Å². The van der Waals surface area contributed by atoms with Crippen LogP contribution < -0.4 is 4.72 Å². The Labute approximate surface area is 107 Å². The Bertz CT molecular complexity index is 472. The molecule has 0 amide bonds. The highest BCUT2D eigenvalue weighted by molar-refractivity contribution is 7.89. The zero-order chi connectivity index (χ0) is 13.8. The van der Waals surface area contributed by atoms with Crippen molar-refractivity contribution in [3.05, 3.63) is 30.1 Å². The summed E-state index contributed by atoms with van der Waals surface area (Å²) in [6, 6.07) is 4.58. The van der Waals surface area contributed by atoms with E-state index in [9.17, 15) is 17.9 Å². The fraction of sp³-hybridized carbons (Fsp3) is 0.500. The molecule has 0 unspecified atom stereocenters. The molecule has 0 heterocycles. The summed E-state index contributed by atoms with van der Waals surface area (Å²) in [5, 5.41) is 9.34. The summed E-state index contributed by atoms with van der Waals surface area (Å²) in [6.07, 6.45) is 0.945. The van der Waals surface area contributed by atoms with Crippen molar-refractivity contribution in [3.8, 4) is 0 Å². The van der Waals surface area contributed by atoms with Gasteiger partial charge in [0, 0.05) is 0 Å². The van der Waals surface area contributed by atoms with Crippen molar-refractivity contribution in [1.82, 2.24) is 4.72 Å². The summed E-state index contributed by atoms with van der Waals surface area (Å²) in [5.74, 6) is -0.492. The predicted octanol–water partition coefficient (Wildman–Crippen LogP) is 1.66. The van der Waals surface area contributed by atoms with E-state index < -0.39 is 21.4 Å². The van der Waals surface area contributed by atoms with Gasteiger partial charge in [-0.05, 0) is 37.1 Å². The molecule has 0 aliphatic carbocycles. The van der Waals surface area contributed by atoms with Crippen LogP contribution in [0.25, 0.3) is 0 Å². The lowest BCUT2D eigenvalue weighted by molar-refractivity contribution is 0.172. The van der Waals surface area contributed by atoms with E-state index in [1.54, 1.807) is 13.8 Å². The van der Waals surface area contributed by atoms with E-state index >= 15 is 0 Å². The Balaban J connectivity index is 3.04. The van der Waals surface area contributed by atoms with E-state index in [1.807, 2.05) is 0 Å². The van der Waals surface area contributed by atoms with Crippen molar-refractivity contribution in [3.63, 3.8) is 0 Å². The van der Waals surface area contributed by atoms with Gasteiger partial charge in [0.15, 0.2) is 0 Å². The normalized spacial score (nSPS) is 12.7. The van der Waals surface area contributed by atoms with Gasteiger partial charge in [-0.25, -0.2) is 17.5 Å². The van der Waals surface area contributed by atoms with Crippen LogP contribution in [-0.2, 0) is 10.0 Å². The van der Waals surface area contributed by atoms with Crippen LogP contribution >= 0.6 is 0 Å². The van der Waals surface area contributed by atoms with Gasteiger partial charge < -0.3 is 5.11 Å². The van der Waals surface area contributed by atoms with Gasteiger partial charge in [-0.1, -0.05) is 13.8 Å². The van der Waals surface area contributed by atoms with E-state index in [0.717, 1.165) is 12.1 Å². The summed E-state index contributed by atoms with van der Waals surface area (Å²) in [6.45, 7) is 3.32. The highest BCUT2D eigenvalue weighted by Crippen LogP contribution is 2.19. The van der Waals surface area contributed by atoms with E-state index in [4.69, 9.17) is 0 Å². The lowest BCUT2D eigenvalue weighted by Gasteiger charge is -2.30. The number of nitrogens with one attached hydrogen (secondary N) is 1. The van der Waals surface area contributed by atoms with Gasteiger partial charge in [0.2, 0.25) is 10.0 Å². The number of rotatable bonds is 6. The second-order valence-electron chi connectivity index (χ2n) is 4.20. The summed E-state index contributed by atoms with van der Waals surface area (Å²) in [4.78, 5) is -0.0105. The molecule has 0 fully saturated rings. The van der Waals surface area contributed by atoms with Crippen molar-refractivity contribution in [2.75, 3.05) is 6.61 Å². The number of benzene rings is 1. The molecule has 4 nitrogen and oxygen atoms in total. The Morgan fingerprint density at radius 1 is 1.22 bits per heavy atom. The third-order valence-corrected chi connectivity index (χ3v) is 4.73. The first-order valence-electron chi connectivity index (χ1n) is 5.79. The first kappa shape index (κ1) is 15.1. The summed E-state index contributed by atoms with van der Waals surface area (Å²) < 4.78 is 39.4. The van der Waals surface area contributed by atoms with E-state index in [0.29, 0.717) is 12.8 Å². The molecule has 0 atom stereocenters. The number of aliphatic hydroxyl groups is 1. The Morgan fingerprint density at radius 2 is 1.72 bits per heavy atom. The largest absolute Gasteiger partial charge is 0.394 e. The fourth-order valence-corrected chi connectivity index (χ4v) is 3.14. The maximum absolute atomic E-state index is 12.8. The molecule has 0 bridgehead atoms.